The first-order valence-electron chi connectivity index (χ1n) is 12.2. The van der Waals surface area contributed by atoms with E-state index in [0.29, 0.717) is 15.5 Å². The van der Waals surface area contributed by atoms with Crippen LogP contribution >= 0.6 is 24.0 Å². The number of ether oxygens (including phenoxy) is 1. The van der Waals surface area contributed by atoms with Crippen molar-refractivity contribution in [3.8, 4) is 11.4 Å². The monoisotopic (exact) mass is 509 g/mol. The van der Waals surface area contributed by atoms with Gasteiger partial charge < -0.3 is 9.64 Å². The predicted molar refractivity (Wildman–Crippen MR) is 144 cm³/mol. The van der Waals surface area contributed by atoms with Crippen LogP contribution in [0.15, 0.2) is 70.5 Å². The average Bonchev–Trinajstić information content (AvgIpc) is 2.88. The summed E-state index contributed by atoms with van der Waals surface area (Å²) in [6, 6.07) is 18.8. The maximum atomic E-state index is 13.8. The topological polar surface area (TPSA) is 56.5 Å². The summed E-state index contributed by atoms with van der Waals surface area (Å²) < 4.78 is 8.93. The van der Waals surface area contributed by atoms with Crippen molar-refractivity contribution >= 4 is 29.9 Å². The van der Waals surface area contributed by atoms with Crippen LogP contribution in [0.1, 0.15) is 43.0 Å². The fourth-order valence-electron chi connectivity index (χ4n) is 4.35. The van der Waals surface area contributed by atoms with Crippen LogP contribution in [0.25, 0.3) is 11.4 Å². The van der Waals surface area contributed by atoms with Gasteiger partial charge in [-0.15, -0.1) is 11.8 Å². The first-order valence-corrected chi connectivity index (χ1v) is 13.6. The van der Waals surface area contributed by atoms with E-state index >= 15 is 0 Å². The molecule has 2 heterocycles. The van der Waals surface area contributed by atoms with E-state index in [9.17, 15) is 9.59 Å². The van der Waals surface area contributed by atoms with Crippen molar-refractivity contribution in [2.45, 2.75) is 37.6 Å². The molecule has 0 N–H and O–H groups in total. The second kappa shape index (κ2) is 12.3. The van der Waals surface area contributed by atoms with E-state index in [1.807, 2.05) is 65.2 Å². The summed E-state index contributed by atoms with van der Waals surface area (Å²) in [7, 11) is 0. The van der Waals surface area contributed by atoms with Gasteiger partial charge in [0, 0.05) is 11.4 Å². The molecule has 0 atom stereocenters. The van der Waals surface area contributed by atoms with Crippen molar-refractivity contribution < 1.29 is 9.53 Å². The molecule has 184 valence electrons. The fraction of sp³-hybridized carbons (Fsp3) is 0.370. The second-order valence-electron chi connectivity index (χ2n) is 8.43. The molecule has 2 aromatic carbocycles. The Hall–Kier alpha value is -2.68. The normalized spacial score (nSPS) is 14.1. The molecule has 1 aromatic heterocycles. The molecule has 1 aliphatic rings. The van der Waals surface area contributed by atoms with Gasteiger partial charge in [-0.1, -0.05) is 42.8 Å². The van der Waals surface area contributed by atoms with Crippen molar-refractivity contribution in [3.63, 3.8) is 0 Å². The fourth-order valence-corrected chi connectivity index (χ4v) is 5.90. The molecule has 1 fully saturated rings. The summed E-state index contributed by atoms with van der Waals surface area (Å²) in [4.78, 5) is 29.4. The summed E-state index contributed by atoms with van der Waals surface area (Å²) in [6.45, 7) is 5.22. The summed E-state index contributed by atoms with van der Waals surface area (Å²) in [5.74, 6) is 0.139. The third-order valence-electron chi connectivity index (χ3n) is 6.03. The Morgan fingerprint density at radius 2 is 1.54 bits per heavy atom. The van der Waals surface area contributed by atoms with E-state index in [1.165, 1.54) is 35.6 Å². The van der Waals surface area contributed by atoms with Gasteiger partial charge in [-0.3, -0.25) is 13.9 Å². The van der Waals surface area contributed by atoms with Gasteiger partial charge in [-0.2, -0.15) is 0 Å². The van der Waals surface area contributed by atoms with Gasteiger partial charge in [-0.05, 0) is 82.3 Å². The highest BCUT2D eigenvalue weighted by Gasteiger charge is 2.26. The Kier molecular flexibility index (Phi) is 8.95. The molecule has 8 heteroatoms. The van der Waals surface area contributed by atoms with Crippen molar-refractivity contribution in [1.29, 1.82) is 0 Å². The van der Waals surface area contributed by atoms with Gasteiger partial charge in [0.2, 0.25) is 0 Å². The van der Waals surface area contributed by atoms with Crippen LogP contribution < -0.4 is 5.56 Å². The first kappa shape index (κ1) is 25.4. The predicted octanol–water partition coefficient (Wildman–Crippen LogP) is 5.50. The van der Waals surface area contributed by atoms with Crippen molar-refractivity contribution in [2.24, 2.45) is 0 Å². The highest BCUT2D eigenvalue weighted by Crippen LogP contribution is 2.27. The first-order chi connectivity index (χ1) is 17.1. The number of hydrogen-bond acceptors (Lipinski definition) is 6. The number of carbonyl (C=O) groups excluding carboxylic acids is 1. The van der Waals surface area contributed by atoms with Gasteiger partial charge in [0.1, 0.15) is 5.03 Å². The maximum absolute atomic E-state index is 13.8. The molecule has 4 rings (SSSR count). The zero-order valence-corrected chi connectivity index (χ0v) is 21.7. The van der Waals surface area contributed by atoms with Gasteiger partial charge >= 0.3 is 5.97 Å². The highest BCUT2D eigenvalue weighted by molar-refractivity contribution is 7.99. The lowest BCUT2D eigenvalue weighted by molar-refractivity contribution is 0.0517. The molecule has 6 nitrogen and oxygen atoms in total. The number of esters is 1. The standard InChI is InChI=1S/C27H31N3O3S2/c1-2-33-26(32)23-24(31)29(21-13-6-3-7-14-21)27(34)30(22-15-8-4-9-16-22)25(23)35-20-12-19-28-17-10-5-11-18-28/h3-4,6-9,13-16H,2,5,10-12,17-20H2,1H3. The zero-order valence-electron chi connectivity index (χ0n) is 20.0. The Labute approximate surface area is 215 Å². The van der Waals surface area contributed by atoms with Crippen LogP contribution in [-0.2, 0) is 4.74 Å². The molecule has 3 aromatic rings. The number of hydrogen-bond donors (Lipinski definition) is 0. The molecule has 0 amide bonds. The lowest BCUT2D eigenvalue weighted by atomic mass is 10.1. The highest BCUT2D eigenvalue weighted by atomic mass is 32.2. The number of benzene rings is 2. The molecule has 1 aliphatic heterocycles. The SMILES string of the molecule is CCOC(=O)c1c(SCCCN2CCCCC2)n(-c2ccccc2)c(=S)n(-c2ccccc2)c1=O. The molecule has 0 unspecified atom stereocenters. The van der Waals surface area contributed by atoms with Crippen molar-refractivity contribution in [2.75, 3.05) is 32.0 Å². The number of para-hydroxylation sites is 2. The van der Waals surface area contributed by atoms with Crippen LogP contribution in [0.3, 0.4) is 0 Å². The zero-order chi connectivity index (χ0) is 24.6. The van der Waals surface area contributed by atoms with Crippen molar-refractivity contribution in [3.05, 3.63) is 81.4 Å². The summed E-state index contributed by atoms with van der Waals surface area (Å²) in [5.41, 5.74) is 0.979. The average molecular weight is 510 g/mol. The van der Waals surface area contributed by atoms with Gasteiger partial charge in [-0.25, -0.2) is 4.79 Å². The Morgan fingerprint density at radius 3 is 2.14 bits per heavy atom. The number of carbonyl (C=O) groups is 1. The lowest BCUT2D eigenvalue weighted by Gasteiger charge is -2.26. The van der Waals surface area contributed by atoms with Crippen LogP contribution in [0.5, 0.6) is 0 Å². The number of nitrogens with zero attached hydrogens (tertiary/aromatic N) is 3. The Bertz CT molecular complexity index is 1250. The third kappa shape index (κ3) is 5.94. The van der Waals surface area contributed by atoms with Gasteiger partial charge in [0.25, 0.3) is 5.56 Å². The van der Waals surface area contributed by atoms with Crippen LogP contribution in [0.4, 0.5) is 0 Å². The van der Waals surface area contributed by atoms with Crippen LogP contribution in [0.2, 0.25) is 0 Å². The quantitative estimate of drug-likeness (QED) is 0.125. The molecule has 35 heavy (non-hydrogen) atoms. The largest absolute Gasteiger partial charge is 0.462 e. The van der Waals surface area contributed by atoms with Crippen LogP contribution in [0, 0.1) is 4.77 Å². The van der Waals surface area contributed by atoms with Crippen LogP contribution in [-0.4, -0.2) is 52.0 Å². The number of rotatable bonds is 9. The van der Waals surface area contributed by atoms with E-state index in [2.05, 4.69) is 4.90 Å². The van der Waals surface area contributed by atoms with E-state index < -0.39 is 11.5 Å². The molecular weight excluding hydrogens is 478 g/mol. The molecule has 0 bridgehead atoms. The Balaban J connectivity index is 1.81. The lowest BCUT2D eigenvalue weighted by Crippen LogP contribution is -2.32. The number of piperidine rings is 1. The molecule has 0 saturated carbocycles. The van der Waals surface area contributed by atoms with E-state index in [1.54, 1.807) is 6.92 Å². The minimum absolute atomic E-state index is 0.0242. The molecule has 1 saturated heterocycles. The van der Waals surface area contributed by atoms with E-state index in [4.69, 9.17) is 17.0 Å². The Morgan fingerprint density at radius 1 is 0.943 bits per heavy atom. The van der Waals surface area contributed by atoms with Gasteiger partial charge in [0.05, 0.1) is 12.3 Å². The maximum Gasteiger partial charge on any atom is 0.346 e. The molecule has 0 aliphatic carbocycles. The summed E-state index contributed by atoms with van der Waals surface area (Å²) in [6.07, 6.45) is 4.77. The minimum atomic E-state index is -0.625. The molecule has 0 spiro atoms. The second-order valence-corrected chi connectivity index (χ2v) is 9.88. The number of likely N-dealkylation sites (tertiary alicyclic amines) is 1. The number of aromatic nitrogens is 2. The smallest absolute Gasteiger partial charge is 0.346 e. The number of thioether (sulfide) groups is 1. The van der Waals surface area contributed by atoms with Crippen molar-refractivity contribution in [1.82, 2.24) is 14.0 Å². The van der Waals surface area contributed by atoms with E-state index in [0.717, 1.165) is 37.5 Å². The molecular formula is C27H31N3O3S2. The molecule has 0 radical (unpaired) electrons. The van der Waals surface area contributed by atoms with Gasteiger partial charge in [0.15, 0.2) is 10.3 Å². The minimum Gasteiger partial charge on any atom is -0.462 e. The van der Waals surface area contributed by atoms with E-state index in [-0.39, 0.29) is 12.2 Å². The summed E-state index contributed by atoms with van der Waals surface area (Å²) in [5, 5.41) is 0.537. The summed E-state index contributed by atoms with van der Waals surface area (Å²) >= 11 is 7.37. The third-order valence-corrected chi connectivity index (χ3v) is 7.55.